The molecule has 1 aromatic heterocycles. The Bertz CT molecular complexity index is 1280. The van der Waals surface area contributed by atoms with Crippen molar-refractivity contribution in [3.63, 3.8) is 0 Å². The van der Waals surface area contributed by atoms with Gasteiger partial charge in [0.1, 0.15) is 23.9 Å². The van der Waals surface area contributed by atoms with Crippen molar-refractivity contribution in [2.45, 2.75) is 6.54 Å². The molecule has 0 fully saturated rings. The third kappa shape index (κ3) is 4.14. The topological polar surface area (TPSA) is 101 Å². The summed E-state index contributed by atoms with van der Waals surface area (Å²) < 4.78 is 10.9. The summed E-state index contributed by atoms with van der Waals surface area (Å²) in [6.07, 6.45) is 0. The van der Waals surface area contributed by atoms with Crippen LogP contribution in [0, 0.1) is 0 Å². The van der Waals surface area contributed by atoms with Gasteiger partial charge in [-0.15, -0.1) is 0 Å². The number of nitrogens with zero attached hydrogens (tertiary/aromatic N) is 2. The third-order valence-electron chi connectivity index (χ3n) is 5.20. The van der Waals surface area contributed by atoms with Crippen LogP contribution >= 0.6 is 0 Å². The van der Waals surface area contributed by atoms with Gasteiger partial charge in [0.15, 0.2) is 5.82 Å². The molecular weight excluding hydrogens is 406 g/mol. The summed E-state index contributed by atoms with van der Waals surface area (Å²) in [5.74, 6) is 2.06. The lowest BCUT2D eigenvalue weighted by atomic mass is 10.1. The van der Waals surface area contributed by atoms with Crippen molar-refractivity contribution in [3.05, 3.63) is 66.2 Å². The zero-order valence-corrected chi connectivity index (χ0v) is 17.6. The summed E-state index contributed by atoms with van der Waals surface area (Å²) in [6.45, 7) is 1.71. The summed E-state index contributed by atoms with van der Waals surface area (Å²) in [5.41, 5.74) is 10.9. The smallest absolute Gasteiger partial charge is 0.162 e. The molecule has 0 atom stereocenters. The molecule has 8 heteroatoms. The van der Waals surface area contributed by atoms with Gasteiger partial charge in [-0.25, -0.2) is 15.4 Å². The molecule has 0 unspecified atom stereocenters. The Morgan fingerprint density at radius 1 is 1.03 bits per heavy atom. The zero-order valence-electron chi connectivity index (χ0n) is 17.6. The first-order chi connectivity index (χ1) is 15.7. The molecule has 162 valence electrons. The van der Waals surface area contributed by atoms with E-state index in [1.165, 1.54) is 5.56 Å². The van der Waals surface area contributed by atoms with Gasteiger partial charge in [-0.1, -0.05) is 12.1 Å². The lowest BCUT2D eigenvalue weighted by molar-refractivity contribution is 0.146. The van der Waals surface area contributed by atoms with Gasteiger partial charge in [0.2, 0.25) is 0 Å². The number of rotatable bonds is 7. The molecule has 32 heavy (non-hydrogen) atoms. The molecule has 0 saturated carbocycles. The molecule has 0 radical (unpaired) electrons. The highest BCUT2D eigenvalue weighted by Gasteiger charge is 2.14. The molecule has 0 bridgehead atoms. The highest BCUT2D eigenvalue weighted by Crippen LogP contribution is 2.32. The fourth-order valence-electron chi connectivity index (χ4n) is 3.62. The van der Waals surface area contributed by atoms with E-state index < -0.39 is 0 Å². The minimum absolute atomic E-state index is 0.168. The fraction of sp³-hybridized carbons (Fsp3) is 0.167. The predicted octanol–water partition coefficient (Wildman–Crippen LogP) is 4.20. The van der Waals surface area contributed by atoms with E-state index in [4.69, 9.17) is 19.4 Å². The van der Waals surface area contributed by atoms with Crippen LogP contribution in [0.1, 0.15) is 5.56 Å². The van der Waals surface area contributed by atoms with Crippen LogP contribution in [-0.2, 0) is 11.3 Å². The number of anilines is 3. The average Bonchev–Trinajstić information content (AvgIpc) is 3.27. The number of methoxy groups -OCH3 is 1. The number of fused-ring (bicyclic) bond motifs is 2. The largest absolute Gasteiger partial charge is 0.508 e. The molecule has 4 aromatic rings. The van der Waals surface area contributed by atoms with E-state index >= 15 is 0 Å². The second kappa shape index (κ2) is 8.70. The van der Waals surface area contributed by atoms with E-state index in [1.807, 2.05) is 36.4 Å². The van der Waals surface area contributed by atoms with E-state index in [1.54, 1.807) is 25.3 Å². The summed E-state index contributed by atoms with van der Waals surface area (Å²) in [5, 5.41) is 14.2. The van der Waals surface area contributed by atoms with Crippen LogP contribution in [0.4, 0.5) is 17.2 Å². The number of phenols is 1. The van der Waals surface area contributed by atoms with Crippen molar-refractivity contribution >= 4 is 28.1 Å². The van der Waals surface area contributed by atoms with Crippen molar-refractivity contribution < 1.29 is 14.6 Å². The first-order valence-corrected chi connectivity index (χ1v) is 10.3. The van der Waals surface area contributed by atoms with Gasteiger partial charge in [-0.05, 0) is 54.1 Å². The Balaban J connectivity index is 1.58. The maximum atomic E-state index is 9.91. The van der Waals surface area contributed by atoms with Gasteiger partial charge >= 0.3 is 0 Å². The number of phenolic OH excluding ortho intramolecular Hbond substituents is 1. The molecule has 8 nitrogen and oxygen atoms in total. The van der Waals surface area contributed by atoms with Gasteiger partial charge in [-0.3, -0.25) is 0 Å². The van der Waals surface area contributed by atoms with Crippen LogP contribution < -0.4 is 20.9 Å². The van der Waals surface area contributed by atoms with Crippen molar-refractivity contribution in [1.82, 2.24) is 15.4 Å². The number of aromatic nitrogens is 2. The second-order valence-corrected chi connectivity index (χ2v) is 7.44. The average molecular weight is 429 g/mol. The molecule has 0 spiro atoms. The summed E-state index contributed by atoms with van der Waals surface area (Å²) in [4.78, 5) is 9.52. The third-order valence-corrected chi connectivity index (χ3v) is 5.20. The maximum absolute atomic E-state index is 9.91. The minimum Gasteiger partial charge on any atom is -0.508 e. The number of nitrogens with one attached hydrogen (secondary N) is 3. The van der Waals surface area contributed by atoms with Gasteiger partial charge in [0, 0.05) is 30.3 Å². The van der Waals surface area contributed by atoms with E-state index in [0.29, 0.717) is 30.6 Å². The van der Waals surface area contributed by atoms with Crippen LogP contribution in [0.5, 0.6) is 11.5 Å². The van der Waals surface area contributed by atoms with Gasteiger partial charge < -0.3 is 25.3 Å². The minimum atomic E-state index is 0.168. The molecule has 4 N–H and O–H groups in total. The normalized spacial score (nSPS) is 12.4. The van der Waals surface area contributed by atoms with Crippen LogP contribution in [0.15, 0.2) is 60.7 Å². The summed E-state index contributed by atoms with van der Waals surface area (Å²) >= 11 is 0. The standard InChI is InChI=1S/C24H23N5O3/c1-31-9-10-32-19-6-8-22-20(13-19)24(26-17-5-7-21-16(11-17)14-25-29-21)28-23(27-22)15-3-2-4-18(30)12-15/h2-8,11-13,25,29-30H,9-10,14H2,1H3,(H,26,27,28). The lowest BCUT2D eigenvalue weighted by Gasteiger charge is -2.13. The van der Waals surface area contributed by atoms with Crippen LogP contribution in [-0.4, -0.2) is 35.4 Å². The Hall–Kier alpha value is -3.88. The van der Waals surface area contributed by atoms with Crippen molar-refractivity contribution in [3.8, 4) is 22.9 Å². The van der Waals surface area contributed by atoms with E-state index in [2.05, 4.69) is 22.2 Å². The molecule has 0 saturated heterocycles. The Morgan fingerprint density at radius 3 is 2.84 bits per heavy atom. The first-order valence-electron chi connectivity index (χ1n) is 10.3. The van der Waals surface area contributed by atoms with Crippen LogP contribution in [0.3, 0.4) is 0 Å². The number of hydrogen-bond donors (Lipinski definition) is 4. The van der Waals surface area contributed by atoms with Crippen LogP contribution in [0.2, 0.25) is 0 Å². The molecule has 3 aromatic carbocycles. The molecular formula is C24H23N5O3. The van der Waals surface area contributed by atoms with Gasteiger partial charge in [0.05, 0.1) is 17.8 Å². The zero-order chi connectivity index (χ0) is 21.9. The molecule has 1 aliphatic heterocycles. The molecule has 5 rings (SSSR count). The first kappa shape index (κ1) is 20.0. The van der Waals surface area contributed by atoms with Gasteiger partial charge in [-0.2, -0.15) is 0 Å². The number of hydrogen-bond acceptors (Lipinski definition) is 8. The summed E-state index contributed by atoms with van der Waals surface area (Å²) in [7, 11) is 1.64. The van der Waals surface area contributed by atoms with E-state index in [0.717, 1.165) is 34.4 Å². The van der Waals surface area contributed by atoms with E-state index in [9.17, 15) is 5.11 Å². The highest BCUT2D eigenvalue weighted by atomic mass is 16.5. The molecule has 0 aliphatic carbocycles. The predicted molar refractivity (Wildman–Crippen MR) is 124 cm³/mol. The molecule has 0 amide bonds. The van der Waals surface area contributed by atoms with E-state index in [-0.39, 0.29) is 5.75 Å². The Labute approximate surface area is 185 Å². The highest BCUT2D eigenvalue weighted by molar-refractivity contribution is 5.93. The SMILES string of the molecule is COCCOc1ccc2nc(-c3cccc(O)c3)nc(Nc3ccc4c(c3)CNN4)c2c1. The van der Waals surface area contributed by atoms with Crippen LogP contribution in [0.25, 0.3) is 22.3 Å². The lowest BCUT2D eigenvalue weighted by Crippen LogP contribution is -2.10. The number of aromatic hydroxyl groups is 1. The fourth-order valence-corrected chi connectivity index (χ4v) is 3.62. The number of hydrazine groups is 1. The Morgan fingerprint density at radius 2 is 1.97 bits per heavy atom. The molecule has 2 heterocycles. The quantitative estimate of drug-likeness (QED) is 0.324. The van der Waals surface area contributed by atoms with Crippen molar-refractivity contribution in [1.29, 1.82) is 0 Å². The Kier molecular flexibility index (Phi) is 5.45. The van der Waals surface area contributed by atoms with Crippen molar-refractivity contribution in [2.75, 3.05) is 31.1 Å². The molecule has 1 aliphatic rings. The second-order valence-electron chi connectivity index (χ2n) is 7.44. The summed E-state index contributed by atoms with van der Waals surface area (Å²) in [6, 6.07) is 18.8. The number of benzene rings is 3. The van der Waals surface area contributed by atoms with Crippen molar-refractivity contribution in [2.24, 2.45) is 0 Å². The number of ether oxygens (including phenoxy) is 2. The monoisotopic (exact) mass is 429 g/mol. The maximum Gasteiger partial charge on any atom is 0.162 e. The van der Waals surface area contributed by atoms with Gasteiger partial charge in [0.25, 0.3) is 0 Å².